The third-order valence-electron chi connectivity index (χ3n) is 2.59. The fraction of sp³-hybridized carbons (Fsp3) is 0.0769. The van der Waals surface area contributed by atoms with Gasteiger partial charge >= 0.3 is 0 Å². The van der Waals surface area contributed by atoms with Gasteiger partial charge < -0.3 is 9.15 Å². The fourth-order valence-electron chi connectivity index (χ4n) is 1.65. The van der Waals surface area contributed by atoms with Crippen molar-refractivity contribution in [2.45, 2.75) is 0 Å². The maximum Gasteiger partial charge on any atom is 0.192 e. The predicted molar refractivity (Wildman–Crippen MR) is 66.1 cm³/mol. The van der Waals surface area contributed by atoms with Gasteiger partial charge in [-0.25, -0.2) is 4.98 Å². The molecule has 0 aliphatic heterocycles. The fourth-order valence-corrected chi connectivity index (χ4v) is 1.65. The number of nitrogens with one attached hydrogen (secondary N) is 1. The number of aromatic nitrogens is 3. The Morgan fingerprint density at radius 3 is 2.67 bits per heavy atom. The largest absolute Gasteiger partial charge is 0.497 e. The molecule has 0 atom stereocenters. The highest BCUT2D eigenvalue weighted by atomic mass is 16.5. The van der Waals surface area contributed by atoms with Crippen LogP contribution in [0.2, 0.25) is 0 Å². The lowest BCUT2D eigenvalue weighted by Gasteiger charge is -1.99. The number of furan rings is 1. The van der Waals surface area contributed by atoms with E-state index < -0.39 is 0 Å². The highest BCUT2D eigenvalue weighted by Crippen LogP contribution is 2.22. The first-order valence-electron chi connectivity index (χ1n) is 5.47. The summed E-state index contributed by atoms with van der Waals surface area (Å²) in [6.07, 6.45) is 1.60. The Hall–Kier alpha value is -2.56. The molecule has 2 aromatic heterocycles. The summed E-state index contributed by atoms with van der Waals surface area (Å²) in [6.45, 7) is 0. The van der Waals surface area contributed by atoms with Gasteiger partial charge in [-0.15, -0.1) is 0 Å². The summed E-state index contributed by atoms with van der Waals surface area (Å²) in [5, 5.41) is 7.01. The van der Waals surface area contributed by atoms with E-state index in [4.69, 9.17) is 9.15 Å². The van der Waals surface area contributed by atoms with Crippen LogP contribution in [-0.2, 0) is 0 Å². The van der Waals surface area contributed by atoms with E-state index in [2.05, 4.69) is 15.2 Å². The molecule has 0 amide bonds. The van der Waals surface area contributed by atoms with Crippen LogP contribution in [0, 0.1) is 0 Å². The number of H-pyrrole nitrogens is 1. The van der Waals surface area contributed by atoms with E-state index in [1.165, 1.54) is 0 Å². The number of aromatic amines is 1. The van der Waals surface area contributed by atoms with Gasteiger partial charge in [0.05, 0.1) is 13.4 Å². The Morgan fingerprint density at radius 1 is 1.17 bits per heavy atom. The minimum absolute atomic E-state index is 0.616. The van der Waals surface area contributed by atoms with E-state index in [1.807, 2.05) is 36.4 Å². The molecule has 3 rings (SSSR count). The summed E-state index contributed by atoms with van der Waals surface area (Å²) in [6, 6.07) is 11.2. The number of ether oxygens (including phenoxy) is 1. The molecule has 0 saturated carbocycles. The first kappa shape index (κ1) is 10.6. The molecule has 90 valence electrons. The number of hydrogen-bond donors (Lipinski definition) is 1. The highest BCUT2D eigenvalue weighted by Gasteiger charge is 2.09. The lowest BCUT2D eigenvalue weighted by atomic mass is 10.2. The molecule has 3 aromatic rings. The summed E-state index contributed by atoms with van der Waals surface area (Å²) in [7, 11) is 1.64. The Labute approximate surface area is 103 Å². The second-order valence-corrected chi connectivity index (χ2v) is 3.71. The zero-order valence-corrected chi connectivity index (χ0v) is 9.75. The molecule has 5 heteroatoms. The summed E-state index contributed by atoms with van der Waals surface area (Å²) >= 11 is 0. The van der Waals surface area contributed by atoms with Crippen LogP contribution >= 0.6 is 0 Å². The minimum Gasteiger partial charge on any atom is -0.497 e. The minimum atomic E-state index is 0.616. The molecule has 1 N–H and O–H groups in total. The highest BCUT2D eigenvalue weighted by molar-refractivity contribution is 5.59. The lowest BCUT2D eigenvalue weighted by molar-refractivity contribution is 0.415. The molecule has 5 nitrogen and oxygen atoms in total. The third-order valence-corrected chi connectivity index (χ3v) is 2.59. The topological polar surface area (TPSA) is 63.9 Å². The molecule has 1 aromatic carbocycles. The first-order chi connectivity index (χ1) is 8.86. The van der Waals surface area contributed by atoms with Crippen molar-refractivity contribution in [3.63, 3.8) is 0 Å². The van der Waals surface area contributed by atoms with Crippen molar-refractivity contribution in [2.24, 2.45) is 0 Å². The van der Waals surface area contributed by atoms with Gasteiger partial charge in [-0.05, 0) is 36.4 Å². The smallest absolute Gasteiger partial charge is 0.192 e. The van der Waals surface area contributed by atoms with Gasteiger partial charge in [-0.2, -0.15) is 5.10 Å². The summed E-state index contributed by atoms with van der Waals surface area (Å²) in [4.78, 5) is 4.38. The van der Waals surface area contributed by atoms with Gasteiger partial charge in [-0.3, -0.25) is 5.10 Å². The SMILES string of the molecule is COc1ccc(-c2n[nH]c(-c3ccco3)n2)cc1. The van der Waals surface area contributed by atoms with E-state index in [0.29, 0.717) is 17.4 Å². The number of rotatable bonds is 3. The average molecular weight is 241 g/mol. The van der Waals surface area contributed by atoms with Crippen molar-refractivity contribution in [2.75, 3.05) is 7.11 Å². The molecule has 0 saturated heterocycles. The molecule has 0 aliphatic rings. The van der Waals surface area contributed by atoms with Gasteiger partial charge in [-0.1, -0.05) is 0 Å². The number of nitrogens with zero attached hydrogens (tertiary/aromatic N) is 2. The average Bonchev–Trinajstić information content (AvgIpc) is 3.09. The van der Waals surface area contributed by atoms with E-state index in [0.717, 1.165) is 11.3 Å². The molecule has 0 spiro atoms. The van der Waals surface area contributed by atoms with Crippen LogP contribution < -0.4 is 4.74 Å². The molecular weight excluding hydrogens is 230 g/mol. The molecular formula is C13H11N3O2. The van der Waals surface area contributed by atoms with E-state index >= 15 is 0 Å². The first-order valence-corrected chi connectivity index (χ1v) is 5.47. The van der Waals surface area contributed by atoms with Crippen LogP contribution in [0.3, 0.4) is 0 Å². The Kier molecular flexibility index (Phi) is 2.57. The van der Waals surface area contributed by atoms with Crippen molar-refractivity contribution < 1.29 is 9.15 Å². The van der Waals surface area contributed by atoms with Gasteiger partial charge in [0.2, 0.25) is 0 Å². The van der Waals surface area contributed by atoms with Gasteiger partial charge in [0.1, 0.15) is 5.75 Å². The Morgan fingerprint density at radius 2 is 2.00 bits per heavy atom. The summed E-state index contributed by atoms with van der Waals surface area (Å²) in [5.41, 5.74) is 0.921. The van der Waals surface area contributed by atoms with Crippen molar-refractivity contribution in [3.8, 4) is 28.7 Å². The van der Waals surface area contributed by atoms with E-state index in [9.17, 15) is 0 Å². The zero-order chi connectivity index (χ0) is 12.4. The van der Waals surface area contributed by atoms with E-state index in [1.54, 1.807) is 13.4 Å². The maximum atomic E-state index is 5.25. The molecule has 0 radical (unpaired) electrons. The van der Waals surface area contributed by atoms with Crippen molar-refractivity contribution >= 4 is 0 Å². The molecule has 0 unspecified atom stereocenters. The normalized spacial score (nSPS) is 10.5. The van der Waals surface area contributed by atoms with Gasteiger partial charge in [0.25, 0.3) is 0 Å². The predicted octanol–water partition coefficient (Wildman–Crippen LogP) is 2.74. The van der Waals surface area contributed by atoms with Crippen LogP contribution in [0.4, 0.5) is 0 Å². The molecule has 0 aliphatic carbocycles. The van der Waals surface area contributed by atoms with Crippen molar-refractivity contribution in [1.29, 1.82) is 0 Å². The van der Waals surface area contributed by atoms with Crippen LogP contribution in [0.25, 0.3) is 23.0 Å². The molecule has 18 heavy (non-hydrogen) atoms. The third kappa shape index (κ3) is 1.86. The van der Waals surface area contributed by atoms with Crippen molar-refractivity contribution in [1.82, 2.24) is 15.2 Å². The number of benzene rings is 1. The van der Waals surface area contributed by atoms with Gasteiger partial charge in [0, 0.05) is 5.56 Å². The summed E-state index contributed by atoms with van der Waals surface area (Å²) < 4.78 is 10.4. The standard InChI is InChI=1S/C13H11N3O2/c1-17-10-6-4-9(5-7-10)12-14-13(16-15-12)11-3-2-8-18-11/h2-8H,1H3,(H,14,15,16). The Bertz CT molecular complexity index is 627. The molecule has 0 bridgehead atoms. The molecule has 0 fully saturated rings. The number of methoxy groups -OCH3 is 1. The Balaban J connectivity index is 1.92. The quantitative estimate of drug-likeness (QED) is 0.765. The van der Waals surface area contributed by atoms with Crippen molar-refractivity contribution in [3.05, 3.63) is 42.7 Å². The lowest BCUT2D eigenvalue weighted by Crippen LogP contribution is -1.84. The zero-order valence-electron chi connectivity index (χ0n) is 9.75. The maximum absolute atomic E-state index is 5.25. The van der Waals surface area contributed by atoms with Crippen LogP contribution in [0.5, 0.6) is 5.75 Å². The van der Waals surface area contributed by atoms with Crippen LogP contribution in [0.1, 0.15) is 0 Å². The van der Waals surface area contributed by atoms with E-state index in [-0.39, 0.29) is 0 Å². The number of hydrogen-bond acceptors (Lipinski definition) is 4. The molecule has 2 heterocycles. The second-order valence-electron chi connectivity index (χ2n) is 3.71. The van der Waals surface area contributed by atoms with Gasteiger partial charge in [0.15, 0.2) is 17.4 Å². The summed E-state index contributed by atoms with van der Waals surface area (Å²) in [5.74, 6) is 2.72. The van der Waals surface area contributed by atoms with Crippen LogP contribution in [-0.4, -0.2) is 22.3 Å². The van der Waals surface area contributed by atoms with Crippen LogP contribution in [0.15, 0.2) is 47.1 Å². The second kappa shape index (κ2) is 4.37. The monoisotopic (exact) mass is 241 g/mol.